The molecular weight excluding hydrogens is 607 g/mol. The normalized spacial score (nSPS) is 17.3. The third kappa shape index (κ3) is 5.84. The molecule has 6 rings (SSSR count). The van der Waals surface area contributed by atoms with Crippen molar-refractivity contribution in [3.8, 4) is 11.5 Å². The molecule has 238 valence electrons. The number of aromatic hydroxyl groups is 1. The number of nitrogens with one attached hydrogen (secondary N) is 1. The number of benzene rings is 4. The summed E-state index contributed by atoms with van der Waals surface area (Å²) in [6.45, 7) is 4.11. The molecular formula is C35H29F5N2O4. The summed E-state index contributed by atoms with van der Waals surface area (Å²) in [5, 5.41) is 14.0. The Kier molecular flexibility index (Phi) is 7.87. The van der Waals surface area contributed by atoms with Gasteiger partial charge in [0, 0.05) is 17.0 Å². The van der Waals surface area contributed by atoms with Crippen LogP contribution in [-0.4, -0.2) is 17.6 Å². The van der Waals surface area contributed by atoms with Crippen LogP contribution in [0.15, 0.2) is 96.4 Å². The fourth-order valence-corrected chi connectivity index (χ4v) is 5.76. The van der Waals surface area contributed by atoms with Gasteiger partial charge in [-0.2, -0.15) is 13.2 Å². The maximum absolute atomic E-state index is 16.2. The predicted molar refractivity (Wildman–Crippen MR) is 161 cm³/mol. The van der Waals surface area contributed by atoms with Gasteiger partial charge in [-0.15, -0.1) is 0 Å². The fourth-order valence-electron chi connectivity index (χ4n) is 5.76. The lowest BCUT2D eigenvalue weighted by Gasteiger charge is -2.38. The monoisotopic (exact) mass is 636 g/mol. The van der Waals surface area contributed by atoms with E-state index in [-0.39, 0.29) is 47.4 Å². The van der Waals surface area contributed by atoms with Crippen molar-refractivity contribution in [3.05, 3.63) is 130 Å². The summed E-state index contributed by atoms with van der Waals surface area (Å²) in [6.07, 6.45) is -4.77. The maximum atomic E-state index is 16.2. The standard InChI is InChI=1S/C35H29F5N2O4/c1-34(2)17-26-32(46-19-34)31(22-15-14-21(16-25(22)37)45-18-20-8-4-3-5-9-20)42(27-12-7-13-28(43)30(27)41-26)33(44)29-23(35(38,39)40)10-6-11-24(29)36/h3-16,31,41,43H,17-19H2,1-2H3. The van der Waals surface area contributed by atoms with E-state index < -0.39 is 46.3 Å². The van der Waals surface area contributed by atoms with Gasteiger partial charge in [0.15, 0.2) is 0 Å². The number of nitrogens with zero attached hydrogens (tertiary/aromatic N) is 1. The Labute approximate surface area is 261 Å². The molecule has 0 radical (unpaired) electrons. The van der Waals surface area contributed by atoms with Crippen molar-refractivity contribution in [1.82, 2.24) is 0 Å². The highest BCUT2D eigenvalue weighted by Gasteiger charge is 2.45. The fraction of sp³-hybridized carbons (Fsp3) is 0.229. The van der Waals surface area contributed by atoms with Gasteiger partial charge in [-0.3, -0.25) is 9.69 Å². The number of allylic oxidation sites excluding steroid dienone is 1. The Balaban J connectivity index is 1.55. The van der Waals surface area contributed by atoms with Gasteiger partial charge in [0.2, 0.25) is 0 Å². The number of phenolic OH excluding ortho intramolecular Hbond substituents is 1. The zero-order valence-electron chi connectivity index (χ0n) is 24.8. The van der Waals surface area contributed by atoms with Crippen molar-refractivity contribution < 1.29 is 41.3 Å². The van der Waals surface area contributed by atoms with Crippen molar-refractivity contribution in [1.29, 1.82) is 0 Å². The molecule has 0 spiro atoms. The van der Waals surface area contributed by atoms with Crippen molar-refractivity contribution >= 4 is 17.3 Å². The number of amides is 1. The molecule has 2 aliphatic heterocycles. The summed E-state index contributed by atoms with van der Waals surface area (Å²) in [5.41, 5.74) is -2.25. The van der Waals surface area contributed by atoms with E-state index in [1.807, 2.05) is 44.2 Å². The lowest BCUT2D eigenvalue weighted by Crippen LogP contribution is -2.40. The average Bonchev–Trinajstić information content (AvgIpc) is 3.14. The third-order valence-corrected chi connectivity index (χ3v) is 7.90. The van der Waals surface area contributed by atoms with Crippen LogP contribution in [0, 0.1) is 17.0 Å². The van der Waals surface area contributed by atoms with Gasteiger partial charge in [0.1, 0.15) is 47.2 Å². The van der Waals surface area contributed by atoms with Gasteiger partial charge in [-0.25, -0.2) is 8.78 Å². The Hall–Kier alpha value is -5.06. The van der Waals surface area contributed by atoms with E-state index in [9.17, 15) is 23.1 Å². The average molecular weight is 637 g/mol. The highest BCUT2D eigenvalue weighted by Crippen LogP contribution is 2.50. The Morgan fingerprint density at radius 1 is 1.00 bits per heavy atom. The quantitative estimate of drug-likeness (QED) is 0.169. The summed E-state index contributed by atoms with van der Waals surface area (Å²) in [4.78, 5) is 15.2. The van der Waals surface area contributed by atoms with Gasteiger partial charge in [-0.1, -0.05) is 56.3 Å². The number of carbonyl (C=O) groups is 1. The van der Waals surface area contributed by atoms with Crippen LogP contribution in [-0.2, 0) is 17.5 Å². The summed E-state index contributed by atoms with van der Waals surface area (Å²) < 4.78 is 86.0. The van der Waals surface area contributed by atoms with E-state index in [1.54, 1.807) is 0 Å². The van der Waals surface area contributed by atoms with Crippen molar-refractivity contribution in [2.24, 2.45) is 5.41 Å². The second kappa shape index (κ2) is 11.7. The molecule has 0 saturated heterocycles. The van der Waals surface area contributed by atoms with Crippen LogP contribution in [0.2, 0.25) is 0 Å². The second-order valence-corrected chi connectivity index (χ2v) is 12.0. The van der Waals surface area contributed by atoms with Crippen LogP contribution >= 0.6 is 0 Å². The molecule has 46 heavy (non-hydrogen) atoms. The van der Waals surface area contributed by atoms with Crippen molar-refractivity contribution in [3.63, 3.8) is 0 Å². The number of anilines is 2. The number of para-hydroxylation sites is 1. The number of hydrogen-bond acceptors (Lipinski definition) is 5. The van der Waals surface area contributed by atoms with Crippen LogP contribution in [0.25, 0.3) is 0 Å². The number of phenols is 1. The first-order chi connectivity index (χ1) is 21.8. The van der Waals surface area contributed by atoms with Gasteiger partial charge >= 0.3 is 6.18 Å². The summed E-state index contributed by atoms with van der Waals surface area (Å²) in [7, 11) is 0. The van der Waals surface area contributed by atoms with E-state index in [0.29, 0.717) is 18.2 Å². The first kappa shape index (κ1) is 30.9. The molecule has 1 atom stereocenters. The molecule has 0 saturated carbocycles. The number of rotatable bonds is 5. The van der Waals surface area contributed by atoms with Gasteiger partial charge in [0.25, 0.3) is 5.91 Å². The lowest BCUT2D eigenvalue weighted by atomic mass is 9.85. The largest absolute Gasteiger partial charge is 0.506 e. The number of ether oxygens (including phenoxy) is 2. The molecule has 0 fully saturated rings. The van der Waals surface area contributed by atoms with E-state index in [0.717, 1.165) is 28.7 Å². The Morgan fingerprint density at radius 3 is 2.46 bits per heavy atom. The van der Waals surface area contributed by atoms with E-state index in [4.69, 9.17) is 9.47 Å². The van der Waals surface area contributed by atoms with E-state index in [1.165, 1.54) is 30.3 Å². The summed E-state index contributed by atoms with van der Waals surface area (Å²) in [5.74, 6) is -3.79. The van der Waals surface area contributed by atoms with E-state index in [2.05, 4.69) is 5.32 Å². The second-order valence-electron chi connectivity index (χ2n) is 12.0. The SMILES string of the molecule is CC1(C)COC2=C(C1)Nc1c(O)cccc1N(C(=O)c1c(F)cccc1C(F)(F)F)C2c1ccc(OCc2ccccc2)cc1F. The van der Waals surface area contributed by atoms with Crippen LogP contribution in [0.5, 0.6) is 11.5 Å². The number of carbonyl (C=O) groups excluding carboxylic acids is 1. The molecule has 0 aromatic heterocycles. The van der Waals surface area contributed by atoms with Crippen molar-refractivity contribution in [2.75, 3.05) is 16.8 Å². The van der Waals surface area contributed by atoms with Gasteiger partial charge in [-0.05, 0) is 48.4 Å². The van der Waals surface area contributed by atoms with Gasteiger partial charge in [0.05, 0.1) is 29.1 Å². The molecule has 11 heteroatoms. The molecule has 6 nitrogen and oxygen atoms in total. The number of halogens is 5. The molecule has 1 amide bonds. The predicted octanol–water partition coefficient (Wildman–Crippen LogP) is 8.74. The first-order valence-electron chi connectivity index (χ1n) is 14.4. The topological polar surface area (TPSA) is 71.0 Å². The number of hydrogen-bond donors (Lipinski definition) is 2. The third-order valence-electron chi connectivity index (χ3n) is 7.90. The Bertz CT molecular complexity index is 1840. The zero-order chi connectivity index (χ0) is 32.8. The molecule has 0 bridgehead atoms. The minimum atomic E-state index is -5.09. The van der Waals surface area contributed by atoms with Crippen LogP contribution in [0.3, 0.4) is 0 Å². The summed E-state index contributed by atoms with van der Waals surface area (Å²) >= 11 is 0. The highest BCUT2D eigenvalue weighted by molar-refractivity contribution is 6.10. The van der Waals surface area contributed by atoms with Crippen LogP contribution in [0.4, 0.5) is 33.3 Å². The van der Waals surface area contributed by atoms with Gasteiger partial charge < -0.3 is 19.9 Å². The molecule has 4 aromatic carbocycles. The zero-order valence-corrected chi connectivity index (χ0v) is 24.8. The maximum Gasteiger partial charge on any atom is 0.417 e. The Morgan fingerprint density at radius 2 is 1.74 bits per heavy atom. The lowest BCUT2D eigenvalue weighted by molar-refractivity contribution is -0.138. The molecule has 1 unspecified atom stereocenters. The molecule has 2 aliphatic rings. The molecule has 2 heterocycles. The smallest absolute Gasteiger partial charge is 0.417 e. The number of alkyl halides is 3. The first-order valence-corrected chi connectivity index (χ1v) is 14.4. The molecule has 4 aromatic rings. The molecule has 0 aliphatic carbocycles. The summed E-state index contributed by atoms with van der Waals surface area (Å²) in [6, 6.07) is 17.9. The minimum absolute atomic E-state index is 0.0275. The van der Waals surface area contributed by atoms with Crippen LogP contribution in [0.1, 0.15) is 53.4 Å². The van der Waals surface area contributed by atoms with Crippen LogP contribution < -0.4 is 15.0 Å². The van der Waals surface area contributed by atoms with E-state index >= 15 is 8.78 Å². The number of fused-ring (bicyclic) bond motifs is 1. The molecule has 2 N–H and O–H groups in total. The highest BCUT2D eigenvalue weighted by atomic mass is 19.4. The minimum Gasteiger partial charge on any atom is -0.506 e. The van der Waals surface area contributed by atoms with Crippen molar-refractivity contribution in [2.45, 2.75) is 39.1 Å².